The summed E-state index contributed by atoms with van der Waals surface area (Å²) in [4.78, 5) is 34.9. The highest BCUT2D eigenvalue weighted by Gasteiger charge is 2.34. The molecule has 0 aliphatic carbocycles. The number of aryl methyl sites for hydroxylation is 1. The fraction of sp³-hybridized carbons (Fsp3) is 0.387. The molecule has 192 valence electrons. The van der Waals surface area contributed by atoms with E-state index in [4.69, 9.17) is 0 Å². The third kappa shape index (κ3) is 5.90. The van der Waals surface area contributed by atoms with E-state index >= 15 is 0 Å². The van der Waals surface area contributed by atoms with E-state index in [1.165, 1.54) is 23.3 Å². The molecule has 2 saturated heterocycles. The molecule has 2 amide bonds. The number of aromatic nitrogens is 1. The number of piperidine rings is 1. The molecule has 2 fully saturated rings. The van der Waals surface area contributed by atoms with Crippen LogP contribution >= 0.6 is 0 Å². The first-order chi connectivity index (χ1) is 18.0. The summed E-state index contributed by atoms with van der Waals surface area (Å²) in [6.07, 6.45) is 5.94. The number of urea groups is 1. The lowest BCUT2D eigenvalue weighted by Crippen LogP contribution is -2.49. The lowest BCUT2D eigenvalue weighted by molar-refractivity contribution is 0.0893. The number of hydrogen-bond donors (Lipinski definition) is 0. The van der Waals surface area contributed by atoms with Gasteiger partial charge in [0.05, 0.1) is 0 Å². The van der Waals surface area contributed by atoms with E-state index in [-0.39, 0.29) is 29.5 Å². The number of carbonyl (C=O) groups is 2. The largest absolute Gasteiger partial charge is 0.325 e. The molecule has 2 aliphatic rings. The molecule has 0 radical (unpaired) electrons. The molecular weight excluding hydrogens is 465 g/mol. The predicted molar refractivity (Wildman–Crippen MR) is 143 cm³/mol. The van der Waals surface area contributed by atoms with Crippen molar-refractivity contribution in [3.63, 3.8) is 0 Å². The second-order valence-corrected chi connectivity index (χ2v) is 10.3. The third-order valence-electron chi connectivity index (χ3n) is 7.72. The number of rotatable bonds is 6. The molecule has 6 heteroatoms. The quantitative estimate of drug-likeness (QED) is 0.372. The predicted octanol–water partition coefficient (Wildman–Crippen LogP) is 6.34. The van der Waals surface area contributed by atoms with Crippen molar-refractivity contribution in [1.82, 2.24) is 14.8 Å². The van der Waals surface area contributed by atoms with Gasteiger partial charge in [-0.2, -0.15) is 0 Å². The molecule has 1 aromatic heterocycles. The Kier molecular flexibility index (Phi) is 7.63. The Hall–Kier alpha value is -3.54. The summed E-state index contributed by atoms with van der Waals surface area (Å²) < 4.78 is 13.6. The van der Waals surface area contributed by atoms with Crippen LogP contribution in [0.2, 0.25) is 0 Å². The number of amides is 2. The molecule has 3 aromatic rings. The van der Waals surface area contributed by atoms with Gasteiger partial charge in [0.2, 0.25) is 0 Å². The molecule has 0 N–H and O–H groups in total. The van der Waals surface area contributed by atoms with Crippen LogP contribution in [0, 0.1) is 11.7 Å². The summed E-state index contributed by atoms with van der Waals surface area (Å²) in [6.45, 7) is 5.05. The summed E-state index contributed by atoms with van der Waals surface area (Å²) in [5.41, 5.74) is 4.43. The molecule has 0 bridgehead atoms. The number of Topliss-reactive ketones (excluding diaryl/α,β-unsaturated/α-hetero) is 1. The van der Waals surface area contributed by atoms with Gasteiger partial charge in [-0.15, -0.1) is 0 Å². The highest BCUT2D eigenvalue weighted by atomic mass is 19.1. The summed E-state index contributed by atoms with van der Waals surface area (Å²) >= 11 is 0. The molecular formula is C31H34FN3O2. The Morgan fingerprint density at radius 2 is 1.73 bits per heavy atom. The van der Waals surface area contributed by atoms with Crippen LogP contribution in [0.25, 0.3) is 11.1 Å². The van der Waals surface area contributed by atoms with Gasteiger partial charge >= 0.3 is 6.03 Å². The Bertz CT molecular complexity index is 1240. The van der Waals surface area contributed by atoms with Crippen LogP contribution < -0.4 is 0 Å². The summed E-state index contributed by atoms with van der Waals surface area (Å²) in [5, 5.41) is 0. The lowest BCUT2D eigenvalue weighted by Gasteiger charge is -2.39. The van der Waals surface area contributed by atoms with Gasteiger partial charge in [0, 0.05) is 50.3 Å². The van der Waals surface area contributed by atoms with E-state index in [0.29, 0.717) is 25.2 Å². The number of likely N-dealkylation sites (tertiary alicyclic amines) is 2. The fourth-order valence-corrected chi connectivity index (χ4v) is 5.65. The molecule has 0 saturated carbocycles. The van der Waals surface area contributed by atoms with Crippen molar-refractivity contribution in [2.24, 2.45) is 5.92 Å². The SMILES string of the molecule is CCc1ccc(C2CC(CC(=O)c3ccc(-c4cccc(F)c4)cn3)CN(C(=O)N3CCCC3)C2)cc1. The van der Waals surface area contributed by atoms with E-state index in [1.54, 1.807) is 18.3 Å². The minimum absolute atomic E-state index is 0.0219. The number of carbonyl (C=O) groups excluding carboxylic acids is 2. The number of ketones is 1. The van der Waals surface area contributed by atoms with Crippen molar-refractivity contribution >= 4 is 11.8 Å². The van der Waals surface area contributed by atoms with Crippen LogP contribution in [0.1, 0.15) is 60.1 Å². The van der Waals surface area contributed by atoms with Gasteiger partial charge in [0.1, 0.15) is 11.5 Å². The summed E-state index contributed by atoms with van der Waals surface area (Å²) in [5.74, 6) is -0.0612. The van der Waals surface area contributed by atoms with Crippen LogP contribution in [0.4, 0.5) is 9.18 Å². The van der Waals surface area contributed by atoms with Crippen LogP contribution in [-0.2, 0) is 6.42 Å². The topological polar surface area (TPSA) is 53.5 Å². The number of hydrogen-bond acceptors (Lipinski definition) is 3. The Morgan fingerprint density at radius 1 is 0.946 bits per heavy atom. The molecule has 2 aliphatic heterocycles. The first-order valence-electron chi connectivity index (χ1n) is 13.4. The number of benzene rings is 2. The van der Waals surface area contributed by atoms with Gasteiger partial charge in [0.15, 0.2) is 5.78 Å². The minimum atomic E-state index is -0.304. The Morgan fingerprint density at radius 3 is 2.41 bits per heavy atom. The summed E-state index contributed by atoms with van der Waals surface area (Å²) in [6, 6.07) is 18.7. The van der Waals surface area contributed by atoms with Crippen LogP contribution in [0.3, 0.4) is 0 Å². The van der Waals surface area contributed by atoms with Gasteiger partial charge < -0.3 is 9.80 Å². The second-order valence-electron chi connectivity index (χ2n) is 10.3. The zero-order valence-corrected chi connectivity index (χ0v) is 21.4. The average Bonchev–Trinajstić information content (AvgIpc) is 3.48. The Labute approximate surface area is 218 Å². The minimum Gasteiger partial charge on any atom is -0.325 e. The van der Waals surface area contributed by atoms with Crippen molar-refractivity contribution in [3.05, 3.63) is 89.5 Å². The van der Waals surface area contributed by atoms with Crippen molar-refractivity contribution in [1.29, 1.82) is 0 Å². The molecule has 2 aromatic carbocycles. The molecule has 2 atom stereocenters. The lowest BCUT2D eigenvalue weighted by atomic mass is 9.82. The van der Waals surface area contributed by atoms with Crippen LogP contribution in [0.15, 0.2) is 66.9 Å². The van der Waals surface area contributed by atoms with Crippen LogP contribution in [-0.4, -0.2) is 52.8 Å². The Balaban J connectivity index is 1.31. The normalized spacial score (nSPS) is 19.7. The zero-order valence-electron chi connectivity index (χ0n) is 21.4. The van der Waals surface area contributed by atoms with Crippen molar-refractivity contribution in [2.45, 2.75) is 44.9 Å². The van der Waals surface area contributed by atoms with Gasteiger partial charge in [-0.3, -0.25) is 9.78 Å². The molecule has 2 unspecified atom stereocenters. The smallest absolute Gasteiger partial charge is 0.320 e. The first-order valence-corrected chi connectivity index (χ1v) is 13.4. The third-order valence-corrected chi connectivity index (χ3v) is 7.72. The van der Waals surface area contributed by atoms with Crippen molar-refractivity contribution in [3.8, 4) is 11.1 Å². The van der Waals surface area contributed by atoms with E-state index in [9.17, 15) is 14.0 Å². The number of nitrogens with zero attached hydrogens (tertiary/aromatic N) is 3. The maximum Gasteiger partial charge on any atom is 0.320 e. The monoisotopic (exact) mass is 499 g/mol. The molecule has 5 nitrogen and oxygen atoms in total. The van der Waals surface area contributed by atoms with E-state index < -0.39 is 0 Å². The number of halogens is 1. The zero-order chi connectivity index (χ0) is 25.8. The van der Waals surface area contributed by atoms with Gasteiger partial charge in [-0.1, -0.05) is 49.4 Å². The second kappa shape index (κ2) is 11.2. The highest BCUT2D eigenvalue weighted by Crippen LogP contribution is 2.34. The maximum absolute atomic E-state index is 13.6. The van der Waals surface area contributed by atoms with E-state index in [2.05, 4.69) is 36.2 Å². The number of pyridine rings is 1. The van der Waals surface area contributed by atoms with Crippen molar-refractivity contribution < 1.29 is 14.0 Å². The van der Waals surface area contributed by atoms with Gasteiger partial charge in [-0.05, 0) is 66.5 Å². The van der Waals surface area contributed by atoms with E-state index in [0.717, 1.165) is 49.9 Å². The molecule has 0 spiro atoms. The average molecular weight is 500 g/mol. The van der Waals surface area contributed by atoms with Gasteiger partial charge in [0.25, 0.3) is 0 Å². The molecule has 5 rings (SSSR count). The fourth-order valence-electron chi connectivity index (χ4n) is 5.65. The van der Waals surface area contributed by atoms with Gasteiger partial charge in [-0.25, -0.2) is 9.18 Å². The van der Waals surface area contributed by atoms with E-state index in [1.807, 2.05) is 21.9 Å². The first kappa shape index (κ1) is 25.1. The summed E-state index contributed by atoms with van der Waals surface area (Å²) in [7, 11) is 0. The highest BCUT2D eigenvalue weighted by molar-refractivity contribution is 5.94. The maximum atomic E-state index is 13.6. The van der Waals surface area contributed by atoms with Crippen LogP contribution in [0.5, 0.6) is 0 Å². The molecule has 37 heavy (non-hydrogen) atoms. The molecule has 3 heterocycles. The standard InChI is InChI=1S/C31H34FN3O2/c1-2-22-8-10-24(11-9-22)27-16-23(20-35(21-27)31(37)34-14-3-4-15-34)17-30(36)29-13-12-26(19-33-29)25-6-5-7-28(32)18-25/h5-13,18-19,23,27H,2-4,14-17,20-21H2,1H3. The van der Waals surface area contributed by atoms with Crippen molar-refractivity contribution in [2.75, 3.05) is 26.2 Å².